The van der Waals surface area contributed by atoms with Gasteiger partial charge in [0.1, 0.15) is 5.82 Å². The Kier molecular flexibility index (Phi) is 4.48. The van der Waals surface area contributed by atoms with Crippen molar-refractivity contribution < 1.29 is 12.8 Å². The zero-order valence-corrected chi connectivity index (χ0v) is 11.7. The molecule has 0 amide bonds. The molecule has 0 spiro atoms. The van der Waals surface area contributed by atoms with Crippen LogP contribution in [0.15, 0.2) is 35.5 Å². The van der Waals surface area contributed by atoms with Crippen molar-refractivity contribution >= 4 is 10.0 Å². The summed E-state index contributed by atoms with van der Waals surface area (Å²) in [6.07, 6.45) is 3.12. The molecule has 0 atom stereocenters. The summed E-state index contributed by atoms with van der Waals surface area (Å²) in [5, 5.41) is 9.11. The standard InChI is InChI=1S/C12H15FN4O2S/c1-14-8-10-4-11(2-3-12(10)13)20(18,19)17-7-9-5-15-16-6-9/h2-6,14,17H,7-8H2,1H3,(H,15,16). The van der Waals surface area contributed by atoms with Crippen molar-refractivity contribution in [3.63, 3.8) is 0 Å². The summed E-state index contributed by atoms with van der Waals surface area (Å²) in [5.74, 6) is -0.437. The summed E-state index contributed by atoms with van der Waals surface area (Å²) in [6, 6.07) is 3.72. The molecule has 0 unspecified atom stereocenters. The quantitative estimate of drug-likeness (QED) is 0.734. The van der Waals surface area contributed by atoms with Crippen LogP contribution in [0.3, 0.4) is 0 Å². The molecule has 0 radical (unpaired) electrons. The molecule has 1 aromatic carbocycles. The molecule has 0 aliphatic heterocycles. The van der Waals surface area contributed by atoms with Crippen LogP contribution in [0.2, 0.25) is 0 Å². The Morgan fingerprint density at radius 3 is 2.80 bits per heavy atom. The van der Waals surface area contributed by atoms with Gasteiger partial charge in [0.15, 0.2) is 0 Å². The lowest BCUT2D eigenvalue weighted by Crippen LogP contribution is -2.23. The molecular weight excluding hydrogens is 283 g/mol. The first-order chi connectivity index (χ1) is 9.53. The average molecular weight is 298 g/mol. The van der Waals surface area contributed by atoms with Crippen LogP contribution in [-0.4, -0.2) is 25.7 Å². The van der Waals surface area contributed by atoms with Crippen LogP contribution in [0.5, 0.6) is 0 Å². The Morgan fingerprint density at radius 2 is 2.15 bits per heavy atom. The number of sulfonamides is 1. The van der Waals surface area contributed by atoms with Crippen LogP contribution in [0.4, 0.5) is 4.39 Å². The van der Waals surface area contributed by atoms with Gasteiger partial charge in [0, 0.05) is 30.4 Å². The van der Waals surface area contributed by atoms with E-state index in [0.717, 1.165) is 6.07 Å². The van der Waals surface area contributed by atoms with E-state index in [-0.39, 0.29) is 18.0 Å². The number of aromatic nitrogens is 2. The highest BCUT2D eigenvalue weighted by Gasteiger charge is 2.16. The predicted octanol–water partition coefficient (Wildman–Crippen LogP) is 0.747. The fraction of sp³-hybridized carbons (Fsp3) is 0.250. The van der Waals surface area contributed by atoms with Crippen LogP contribution in [-0.2, 0) is 23.1 Å². The molecule has 3 N–H and O–H groups in total. The molecule has 108 valence electrons. The number of aromatic amines is 1. The van der Waals surface area contributed by atoms with E-state index in [2.05, 4.69) is 20.2 Å². The smallest absolute Gasteiger partial charge is 0.240 e. The first-order valence-electron chi connectivity index (χ1n) is 5.93. The second-order valence-corrected chi connectivity index (χ2v) is 5.98. The monoisotopic (exact) mass is 298 g/mol. The van der Waals surface area contributed by atoms with E-state index in [1.54, 1.807) is 13.2 Å². The fourth-order valence-corrected chi connectivity index (χ4v) is 2.75. The summed E-state index contributed by atoms with van der Waals surface area (Å²) in [4.78, 5) is 0.0349. The third-order valence-corrected chi connectivity index (χ3v) is 4.11. The molecule has 2 aromatic rings. The second kappa shape index (κ2) is 6.12. The van der Waals surface area contributed by atoms with E-state index in [1.165, 1.54) is 18.3 Å². The van der Waals surface area contributed by atoms with Gasteiger partial charge in [-0.05, 0) is 25.2 Å². The summed E-state index contributed by atoms with van der Waals surface area (Å²) in [7, 11) is -2.02. The van der Waals surface area contributed by atoms with Crippen molar-refractivity contribution in [2.45, 2.75) is 18.0 Å². The number of benzene rings is 1. The Labute approximate surface area is 116 Å². The second-order valence-electron chi connectivity index (χ2n) is 4.21. The van der Waals surface area contributed by atoms with Crippen molar-refractivity contribution in [1.29, 1.82) is 0 Å². The third-order valence-electron chi connectivity index (χ3n) is 2.72. The minimum absolute atomic E-state index is 0.0349. The largest absolute Gasteiger partial charge is 0.316 e. The zero-order chi connectivity index (χ0) is 14.6. The van der Waals surface area contributed by atoms with Gasteiger partial charge in [-0.1, -0.05) is 0 Å². The molecule has 0 aliphatic rings. The molecule has 1 heterocycles. The third kappa shape index (κ3) is 3.41. The van der Waals surface area contributed by atoms with Gasteiger partial charge in [-0.3, -0.25) is 5.10 Å². The van der Waals surface area contributed by atoms with Crippen LogP contribution in [0, 0.1) is 5.82 Å². The van der Waals surface area contributed by atoms with Gasteiger partial charge in [0.2, 0.25) is 10.0 Å². The minimum Gasteiger partial charge on any atom is -0.316 e. The van der Waals surface area contributed by atoms with Gasteiger partial charge in [-0.25, -0.2) is 17.5 Å². The Bertz CT molecular complexity index is 671. The molecule has 0 saturated heterocycles. The summed E-state index contributed by atoms with van der Waals surface area (Å²) in [6.45, 7) is 0.383. The maximum Gasteiger partial charge on any atom is 0.240 e. The number of hydrogen-bond donors (Lipinski definition) is 3. The average Bonchev–Trinajstić information content (AvgIpc) is 2.92. The molecular formula is C12H15FN4O2S. The Hall–Kier alpha value is -1.77. The number of hydrogen-bond acceptors (Lipinski definition) is 4. The number of nitrogens with zero attached hydrogens (tertiary/aromatic N) is 1. The Balaban J connectivity index is 2.18. The van der Waals surface area contributed by atoms with Gasteiger partial charge in [-0.15, -0.1) is 0 Å². The molecule has 20 heavy (non-hydrogen) atoms. The molecule has 1 aromatic heterocycles. The molecule has 6 nitrogen and oxygen atoms in total. The molecule has 8 heteroatoms. The summed E-state index contributed by atoms with van der Waals surface area (Å²) < 4.78 is 40.1. The van der Waals surface area contributed by atoms with E-state index in [9.17, 15) is 12.8 Å². The lowest BCUT2D eigenvalue weighted by molar-refractivity contribution is 0.577. The van der Waals surface area contributed by atoms with E-state index in [0.29, 0.717) is 11.1 Å². The van der Waals surface area contributed by atoms with Crippen molar-refractivity contribution in [2.24, 2.45) is 0 Å². The number of halogens is 1. The molecule has 0 bridgehead atoms. The van der Waals surface area contributed by atoms with Gasteiger partial charge >= 0.3 is 0 Å². The van der Waals surface area contributed by atoms with E-state index in [4.69, 9.17) is 0 Å². The van der Waals surface area contributed by atoms with Crippen molar-refractivity contribution in [1.82, 2.24) is 20.2 Å². The first kappa shape index (κ1) is 14.6. The Morgan fingerprint density at radius 1 is 1.35 bits per heavy atom. The van der Waals surface area contributed by atoms with Crippen molar-refractivity contribution in [2.75, 3.05) is 7.05 Å². The van der Waals surface area contributed by atoms with Gasteiger partial charge in [0.05, 0.1) is 11.1 Å². The minimum atomic E-state index is -3.68. The highest BCUT2D eigenvalue weighted by atomic mass is 32.2. The van der Waals surface area contributed by atoms with E-state index in [1.807, 2.05) is 0 Å². The first-order valence-corrected chi connectivity index (χ1v) is 7.41. The van der Waals surface area contributed by atoms with Gasteiger partial charge in [-0.2, -0.15) is 5.10 Å². The van der Waals surface area contributed by atoms with Crippen LogP contribution >= 0.6 is 0 Å². The highest BCUT2D eigenvalue weighted by Crippen LogP contribution is 2.15. The molecule has 0 saturated carbocycles. The maximum atomic E-state index is 13.5. The summed E-state index contributed by atoms with van der Waals surface area (Å²) in [5.41, 5.74) is 1.02. The lowest BCUT2D eigenvalue weighted by Gasteiger charge is -2.08. The summed E-state index contributed by atoms with van der Waals surface area (Å²) >= 11 is 0. The normalized spacial score (nSPS) is 11.7. The molecule has 2 rings (SSSR count). The highest BCUT2D eigenvalue weighted by molar-refractivity contribution is 7.89. The van der Waals surface area contributed by atoms with Gasteiger partial charge < -0.3 is 5.32 Å². The van der Waals surface area contributed by atoms with E-state index >= 15 is 0 Å². The van der Waals surface area contributed by atoms with Crippen molar-refractivity contribution in [3.8, 4) is 0 Å². The topological polar surface area (TPSA) is 86.9 Å². The zero-order valence-electron chi connectivity index (χ0n) is 10.9. The van der Waals surface area contributed by atoms with E-state index < -0.39 is 15.8 Å². The number of H-pyrrole nitrogens is 1. The van der Waals surface area contributed by atoms with Crippen LogP contribution in [0.25, 0.3) is 0 Å². The SMILES string of the molecule is CNCc1cc(S(=O)(=O)NCc2cn[nH]c2)ccc1F. The van der Waals surface area contributed by atoms with Gasteiger partial charge in [0.25, 0.3) is 0 Å². The maximum absolute atomic E-state index is 13.5. The van der Waals surface area contributed by atoms with Crippen molar-refractivity contribution in [3.05, 3.63) is 47.5 Å². The fourth-order valence-electron chi connectivity index (χ4n) is 1.68. The molecule has 0 aliphatic carbocycles. The number of nitrogens with one attached hydrogen (secondary N) is 3. The lowest BCUT2D eigenvalue weighted by atomic mass is 10.2. The predicted molar refractivity (Wildman–Crippen MR) is 71.8 cm³/mol. The van der Waals surface area contributed by atoms with Crippen LogP contribution in [0.1, 0.15) is 11.1 Å². The van der Waals surface area contributed by atoms with Crippen LogP contribution < -0.4 is 10.0 Å². The molecule has 0 fully saturated rings. The number of rotatable bonds is 6.